The average Bonchev–Trinajstić information content (AvgIpc) is 2.27. The minimum Gasteiger partial charge on any atom is -0.469 e. The van der Waals surface area contributed by atoms with Crippen LogP contribution in [0.3, 0.4) is 0 Å². The van der Waals surface area contributed by atoms with E-state index in [1.807, 2.05) is 25.1 Å². The van der Waals surface area contributed by atoms with Crippen LogP contribution >= 0.6 is 0 Å². The molecule has 18 heavy (non-hydrogen) atoms. The highest BCUT2D eigenvalue weighted by atomic mass is 16.5. The highest BCUT2D eigenvalue weighted by Gasteiger charge is 2.19. The van der Waals surface area contributed by atoms with Crippen molar-refractivity contribution in [2.45, 2.75) is 39.5 Å². The summed E-state index contributed by atoms with van der Waals surface area (Å²) in [7, 11) is 1.29. The van der Waals surface area contributed by atoms with Crippen LogP contribution in [0.1, 0.15) is 48.7 Å². The van der Waals surface area contributed by atoms with E-state index < -0.39 is 5.97 Å². The molecule has 0 aliphatic rings. The van der Waals surface area contributed by atoms with Crippen molar-refractivity contribution in [3.8, 4) is 0 Å². The van der Waals surface area contributed by atoms with Gasteiger partial charge in [-0.25, -0.2) is 0 Å². The van der Waals surface area contributed by atoms with Gasteiger partial charge in [-0.3, -0.25) is 9.59 Å². The molecule has 0 aliphatic heterocycles. The molecule has 0 spiro atoms. The van der Waals surface area contributed by atoms with E-state index in [1.165, 1.54) is 7.11 Å². The van der Waals surface area contributed by atoms with Gasteiger partial charge in [0.15, 0.2) is 5.78 Å². The monoisotopic (exact) mass is 248 g/mol. The van der Waals surface area contributed by atoms with Crippen molar-refractivity contribution in [2.24, 2.45) is 0 Å². The Morgan fingerprint density at radius 2 is 1.83 bits per heavy atom. The molecular formula is C15H20O3. The quantitative estimate of drug-likeness (QED) is 0.469. The molecule has 0 fully saturated rings. The van der Waals surface area contributed by atoms with E-state index in [4.69, 9.17) is 0 Å². The number of Topliss-reactive ketones (excluding diaryl/α,β-unsaturated/α-hetero) is 1. The van der Waals surface area contributed by atoms with Crippen molar-refractivity contribution in [2.75, 3.05) is 7.11 Å². The third-order valence-electron chi connectivity index (χ3n) is 2.94. The van der Waals surface area contributed by atoms with Gasteiger partial charge >= 0.3 is 5.97 Å². The second-order valence-electron chi connectivity index (χ2n) is 5.46. The summed E-state index contributed by atoms with van der Waals surface area (Å²) < 4.78 is 4.52. The molecule has 0 amide bonds. The number of hydrogen-bond acceptors (Lipinski definition) is 3. The summed E-state index contributed by atoms with van der Waals surface area (Å²) in [6.45, 7) is 8.14. The Kier molecular flexibility index (Phi) is 4.28. The Bertz CT molecular complexity index is 467. The van der Waals surface area contributed by atoms with Crippen molar-refractivity contribution >= 4 is 11.8 Å². The Labute approximate surface area is 108 Å². The van der Waals surface area contributed by atoms with Gasteiger partial charge in [0.05, 0.1) is 7.11 Å². The lowest BCUT2D eigenvalue weighted by Crippen LogP contribution is -2.15. The zero-order chi connectivity index (χ0) is 13.9. The molecule has 0 bridgehead atoms. The molecule has 0 aromatic heterocycles. The average molecular weight is 248 g/mol. The van der Waals surface area contributed by atoms with Crippen LogP contribution in [0, 0.1) is 6.92 Å². The number of carbonyl (C=O) groups excluding carboxylic acids is 2. The van der Waals surface area contributed by atoms with Gasteiger partial charge in [-0.1, -0.05) is 32.9 Å². The van der Waals surface area contributed by atoms with E-state index in [-0.39, 0.29) is 17.6 Å². The Balaban J connectivity index is 3.08. The SMILES string of the molecule is COC(=O)CC(=O)c1cc(C(C)(C)C)ccc1C. The van der Waals surface area contributed by atoms with Gasteiger partial charge in [-0.15, -0.1) is 0 Å². The number of hydrogen-bond donors (Lipinski definition) is 0. The first kappa shape index (κ1) is 14.4. The van der Waals surface area contributed by atoms with Gasteiger partial charge in [0.25, 0.3) is 0 Å². The molecule has 0 radical (unpaired) electrons. The largest absolute Gasteiger partial charge is 0.469 e. The highest BCUT2D eigenvalue weighted by molar-refractivity contribution is 6.06. The third kappa shape index (κ3) is 3.42. The normalized spacial score (nSPS) is 11.2. The fraction of sp³-hybridized carbons (Fsp3) is 0.467. The van der Waals surface area contributed by atoms with Crippen molar-refractivity contribution in [3.05, 3.63) is 34.9 Å². The summed E-state index contributed by atoms with van der Waals surface area (Å²) in [5, 5.41) is 0. The van der Waals surface area contributed by atoms with Crippen LogP contribution in [0.25, 0.3) is 0 Å². The number of methoxy groups -OCH3 is 1. The van der Waals surface area contributed by atoms with Gasteiger partial charge < -0.3 is 4.74 Å². The van der Waals surface area contributed by atoms with Crippen molar-refractivity contribution in [1.29, 1.82) is 0 Å². The highest BCUT2D eigenvalue weighted by Crippen LogP contribution is 2.25. The van der Waals surface area contributed by atoms with Gasteiger partial charge in [-0.05, 0) is 29.5 Å². The summed E-state index contributed by atoms with van der Waals surface area (Å²) in [6, 6.07) is 5.82. The minimum absolute atomic E-state index is 0.0198. The van der Waals surface area contributed by atoms with Crippen molar-refractivity contribution < 1.29 is 14.3 Å². The maximum atomic E-state index is 12.0. The zero-order valence-corrected chi connectivity index (χ0v) is 11.7. The molecule has 1 rings (SSSR count). The van der Waals surface area contributed by atoms with E-state index in [9.17, 15) is 9.59 Å². The molecule has 0 saturated heterocycles. The van der Waals surface area contributed by atoms with E-state index in [0.29, 0.717) is 5.56 Å². The standard InChI is InChI=1S/C15H20O3/c1-10-6-7-11(15(2,3)4)8-12(10)13(16)9-14(17)18-5/h6-8H,9H2,1-5H3. The maximum Gasteiger partial charge on any atom is 0.313 e. The lowest BCUT2D eigenvalue weighted by molar-refractivity contribution is -0.139. The van der Waals surface area contributed by atoms with Crippen LogP contribution in [0.5, 0.6) is 0 Å². The summed E-state index contributed by atoms with van der Waals surface area (Å²) in [5.41, 5.74) is 2.56. The van der Waals surface area contributed by atoms with Gasteiger partial charge in [-0.2, -0.15) is 0 Å². The molecular weight excluding hydrogens is 228 g/mol. The number of rotatable bonds is 3. The van der Waals surface area contributed by atoms with E-state index in [2.05, 4.69) is 25.5 Å². The number of aryl methyl sites for hydroxylation is 1. The predicted octanol–water partition coefficient (Wildman–Crippen LogP) is 3.04. The third-order valence-corrected chi connectivity index (χ3v) is 2.94. The van der Waals surface area contributed by atoms with Crippen LogP contribution < -0.4 is 0 Å². The Hall–Kier alpha value is -1.64. The second kappa shape index (κ2) is 5.34. The molecule has 3 heteroatoms. The maximum absolute atomic E-state index is 12.0. The minimum atomic E-state index is -0.499. The van der Waals surface area contributed by atoms with Gasteiger partial charge in [0, 0.05) is 5.56 Å². The number of esters is 1. The second-order valence-corrected chi connectivity index (χ2v) is 5.46. The fourth-order valence-corrected chi connectivity index (χ4v) is 1.69. The first-order valence-corrected chi connectivity index (χ1v) is 5.97. The summed E-state index contributed by atoms with van der Waals surface area (Å²) in [6.07, 6.45) is -0.203. The molecule has 0 aliphatic carbocycles. The first-order chi connectivity index (χ1) is 8.25. The van der Waals surface area contributed by atoms with Crippen LogP contribution in [0.2, 0.25) is 0 Å². The lowest BCUT2D eigenvalue weighted by atomic mass is 9.84. The molecule has 1 aromatic rings. The van der Waals surface area contributed by atoms with Crippen molar-refractivity contribution in [3.63, 3.8) is 0 Å². The zero-order valence-electron chi connectivity index (χ0n) is 11.7. The lowest BCUT2D eigenvalue weighted by Gasteiger charge is -2.20. The Morgan fingerprint density at radius 1 is 1.22 bits per heavy atom. The number of ether oxygens (including phenoxy) is 1. The van der Waals surface area contributed by atoms with E-state index in [0.717, 1.165) is 11.1 Å². The molecule has 0 heterocycles. The summed E-state index contributed by atoms with van der Waals surface area (Å²) in [5.74, 6) is -0.689. The summed E-state index contributed by atoms with van der Waals surface area (Å²) >= 11 is 0. The number of carbonyl (C=O) groups is 2. The first-order valence-electron chi connectivity index (χ1n) is 5.97. The molecule has 0 saturated carbocycles. The van der Waals surface area contributed by atoms with Gasteiger partial charge in [0.2, 0.25) is 0 Å². The molecule has 0 atom stereocenters. The topological polar surface area (TPSA) is 43.4 Å². The van der Waals surface area contributed by atoms with Crippen molar-refractivity contribution in [1.82, 2.24) is 0 Å². The molecule has 0 unspecified atom stereocenters. The smallest absolute Gasteiger partial charge is 0.313 e. The molecule has 3 nitrogen and oxygen atoms in total. The summed E-state index contributed by atoms with van der Waals surface area (Å²) in [4.78, 5) is 23.2. The van der Waals surface area contributed by atoms with Crippen LogP contribution in [0.4, 0.5) is 0 Å². The predicted molar refractivity (Wildman–Crippen MR) is 70.8 cm³/mol. The van der Waals surface area contributed by atoms with E-state index in [1.54, 1.807) is 0 Å². The Morgan fingerprint density at radius 3 is 2.33 bits per heavy atom. The van der Waals surface area contributed by atoms with E-state index >= 15 is 0 Å². The van der Waals surface area contributed by atoms with Crippen LogP contribution in [-0.4, -0.2) is 18.9 Å². The van der Waals surface area contributed by atoms with Crippen LogP contribution in [-0.2, 0) is 14.9 Å². The fourth-order valence-electron chi connectivity index (χ4n) is 1.69. The number of ketones is 1. The molecule has 1 aromatic carbocycles. The van der Waals surface area contributed by atoms with Crippen LogP contribution in [0.15, 0.2) is 18.2 Å². The molecule has 0 N–H and O–H groups in total. The molecule has 98 valence electrons. The number of benzene rings is 1. The van der Waals surface area contributed by atoms with Gasteiger partial charge in [0.1, 0.15) is 6.42 Å².